The average Bonchev–Trinajstić information content (AvgIpc) is 2.64. The Hall–Kier alpha value is -0.560. The lowest BCUT2D eigenvalue weighted by atomic mass is 10.3. The van der Waals surface area contributed by atoms with Crippen molar-refractivity contribution in [1.82, 2.24) is 5.16 Å². The van der Waals surface area contributed by atoms with Crippen LogP contribution in [-0.2, 0) is 0 Å². The van der Waals surface area contributed by atoms with Gasteiger partial charge in [0, 0.05) is 10.9 Å². The molecule has 0 aliphatic rings. The Morgan fingerprint density at radius 2 is 2.42 bits per heavy atom. The van der Waals surface area contributed by atoms with E-state index < -0.39 is 0 Å². The van der Waals surface area contributed by atoms with E-state index in [0.717, 1.165) is 14.9 Å². The van der Waals surface area contributed by atoms with Crippen LogP contribution in [0.1, 0.15) is 0 Å². The van der Waals surface area contributed by atoms with Gasteiger partial charge >= 0.3 is 0 Å². The number of hydrogen-bond acceptors (Lipinski definition) is 4. The maximum Gasteiger partial charge on any atom is 0.183 e. The van der Waals surface area contributed by atoms with Crippen LogP contribution in [0.4, 0.5) is 5.82 Å². The van der Waals surface area contributed by atoms with E-state index in [1.165, 1.54) is 0 Å². The number of aromatic nitrogens is 1. The molecule has 0 amide bonds. The molecule has 2 aromatic heterocycles. The van der Waals surface area contributed by atoms with Crippen LogP contribution >= 0.6 is 33.9 Å². The first-order valence-electron chi connectivity index (χ1n) is 3.22. The fourth-order valence-corrected chi connectivity index (χ4v) is 2.01. The van der Waals surface area contributed by atoms with Crippen molar-refractivity contribution < 1.29 is 4.52 Å². The molecular weight excluding hydrogens is 287 g/mol. The zero-order valence-electron chi connectivity index (χ0n) is 5.95. The molecule has 3 nitrogen and oxygen atoms in total. The minimum Gasteiger partial charge on any atom is -0.380 e. The number of anilines is 1. The molecule has 0 radical (unpaired) electrons. The molecule has 0 fully saturated rings. The van der Waals surface area contributed by atoms with Crippen LogP contribution in [0.5, 0.6) is 0 Å². The summed E-state index contributed by atoms with van der Waals surface area (Å²) in [6.07, 6.45) is 0. The fraction of sp³-hybridized carbons (Fsp3) is 0. The summed E-state index contributed by atoms with van der Waals surface area (Å²) >= 11 is 3.75. The van der Waals surface area contributed by atoms with E-state index in [9.17, 15) is 0 Å². The van der Waals surface area contributed by atoms with E-state index in [0.29, 0.717) is 5.82 Å². The zero-order valence-corrected chi connectivity index (χ0v) is 8.93. The predicted molar refractivity (Wildman–Crippen MR) is 56.9 cm³/mol. The molecule has 0 aliphatic carbocycles. The van der Waals surface area contributed by atoms with Gasteiger partial charge in [-0.2, -0.15) is 11.3 Å². The fourth-order valence-electron chi connectivity index (χ4n) is 0.864. The van der Waals surface area contributed by atoms with Gasteiger partial charge in [0.1, 0.15) is 3.57 Å². The van der Waals surface area contributed by atoms with Crippen molar-refractivity contribution in [3.05, 3.63) is 20.4 Å². The van der Waals surface area contributed by atoms with E-state index >= 15 is 0 Å². The van der Waals surface area contributed by atoms with Crippen LogP contribution in [0.2, 0.25) is 0 Å². The van der Waals surface area contributed by atoms with Crippen molar-refractivity contribution in [2.24, 2.45) is 0 Å². The Labute approximate surface area is 86.7 Å². The second kappa shape index (κ2) is 3.06. The van der Waals surface area contributed by atoms with Crippen LogP contribution in [0.15, 0.2) is 21.3 Å². The summed E-state index contributed by atoms with van der Waals surface area (Å²) in [5.41, 5.74) is 6.57. The van der Waals surface area contributed by atoms with Crippen LogP contribution in [0, 0.1) is 3.57 Å². The number of thiophene rings is 1. The third-order valence-corrected chi connectivity index (χ3v) is 3.17. The Morgan fingerprint density at radius 3 is 2.92 bits per heavy atom. The third-order valence-electron chi connectivity index (χ3n) is 1.44. The molecule has 2 aromatic rings. The summed E-state index contributed by atoms with van der Waals surface area (Å²) < 4.78 is 5.94. The van der Waals surface area contributed by atoms with E-state index in [-0.39, 0.29) is 0 Å². The van der Waals surface area contributed by atoms with Crippen molar-refractivity contribution in [1.29, 1.82) is 0 Å². The summed E-state index contributed by atoms with van der Waals surface area (Å²) in [6, 6.07) is 1.98. The van der Waals surface area contributed by atoms with Crippen molar-refractivity contribution in [3.63, 3.8) is 0 Å². The Kier molecular flexibility index (Phi) is 2.05. The molecule has 5 heteroatoms. The molecule has 0 atom stereocenters. The van der Waals surface area contributed by atoms with Crippen LogP contribution in [-0.4, -0.2) is 5.16 Å². The molecule has 0 aliphatic heterocycles. The van der Waals surface area contributed by atoms with E-state index in [1.54, 1.807) is 11.3 Å². The van der Waals surface area contributed by atoms with E-state index in [4.69, 9.17) is 10.3 Å². The normalized spacial score (nSPS) is 10.4. The molecule has 0 bridgehead atoms. The van der Waals surface area contributed by atoms with Crippen LogP contribution in [0.3, 0.4) is 0 Å². The number of hydrogen-bond donors (Lipinski definition) is 1. The highest BCUT2D eigenvalue weighted by Crippen LogP contribution is 2.30. The van der Waals surface area contributed by atoms with Gasteiger partial charge in [0.15, 0.2) is 11.6 Å². The lowest BCUT2D eigenvalue weighted by Gasteiger charge is -1.88. The lowest BCUT2D eigenvalue weighted by molar-refractivity contribution is 0.435. The molecular formula is C7H5IN2OS. The quantitative estimate of drug-likeness (QED) is 0.822. The van der Waals surface area contributed by atoms with Gasteiger partial charge in [-0.1, -0.05) is 5.16 Å². The SMILES string of the molecule is Nc1noc(-c2ccsc2)c1I. The molecule has 0 aromatic carbocycles. The van der Waals surface area contributed by atoms with Crippen LogP contribution in [0.25, 0.3) is 11.3 Å². The van der Waals surface area contributed by atoms with Gasteiger partial charge in [-0.3, -0.25) is 0 Å². The largest absolute Gasteiger partial charge is 0.380 e. The second-order valence-corrected chi connectivity index (χ2v) is 4.08. The second-order valence-electron chi connectivity index (χ2n) is 2.22. The van der Waals surface area contributed by atoms with Gasteiger partial charge in [0.2, 0.25) is 0 Å². The first-order valence-corrected chi connectivity index (χ1v) is 5.24. The van der Waals surface area contributed by atoms with Gasteiger partial charge in [0.05, 0.1) is 0 Å². The van der Waals surface area contributed by atoms with Crippen molar-refractivity contribution in [3.8, 4) is 11.3 Å². The molecule has 0 unspecified atom stereocenters. The van der Waals surface area contributed by atoms with Gasteiger partial charge in [-0.25, -0.2) is 0 Å². The van der Waals surface area contributed by atoms with Crippen LogP contribution < -0.4 is 5.73 Å². The standard InChI is InChI=1S/C7H5IN2OS/c8-5-6(11-10-7(5)9)4-1-2-12-3-4/h1-3H,(H2,9,10). The molecule has 62 valence electrons. The molecule has 2 heterocycles. The molecule has 0 spiro atoms. The van der Waals surface area contributed by atoms with Crippen molar-refractivity contribution in [2.75, 3.05) is 5.73 Å². The van der Waals surface area contributed by atoms with Gasteiger partial charge < -0.3 is 10.3 Å². The highest BCUT2D eigenvalue weighted by Gasteiger charge is 2.12. The first kappa shape index (κ1) is 8.06. The Morgan fingerprint density at radius 1 is 1.58 bits per heavy atom. The Bertz CT molecular complexity index is 382. The molecule has 2 N–H and O–H groups in total. The summed E-state index contributed by atoms with van der Waals surface area (Å²) in [5, 5.41) is 7.66. The van der Waals surface area contributed by atoms with Gasteiger partial charge in [-0.15, -0.1) is 0 Å². The third kappa shape index (κ3) is 1.22. The number of nitrogens with zero attached hydrogens (tertiary/aromatic N) is 1. The highest BCUT2D eigenvalue weighted by atomic mass is 127. The first-order chi connectivity index (χ1) is 5.79. The maximum atomic E-state index is 5.54. The minimum absolute atomic E-state index is 0.455. The average molecular weight is 292 g/mol. The smallest absolute Gasteiger partial charge is 0.183 e. The topological polar surface area (TPSA) is 52.0 Å². The molecule has 0 saturated heterocycles. The van der Waals surface area contributed by atoms with Gasteiger partial charge in [-0.05, 0) is 34.0 Å². The number of nitrogens with two attached hydrogens (primary N) is 1. The van der Waals surface area contributed by atoms with Gasteiger partial charge in [0.25, 0.3) is 0 Å². The zero-order chi connectivity index (χ0) is 8.55. The predicted octanol–water partition coefficient (Wildman–Crippen LogP) is 2.59. The molecule has 12 heavy (non-hydrogen) atoms. The minimum atomic E-state index is 0.455. The number of nitrogen functional groups attached to an aromatic ring is 1. The Balaban J connectivity index is 2.55. The monoisotopic (exact) mass is 292 g/mol. The van der Waals surface area contributed by atoms with E-state index in [2.05, 4.69) is 27.7 Å². The van der Waals surface area contributed by atoms with Crippen molar-refractivity contribution >= 4 is 39.7 Å². The summed E-state index contributed by atoms with van der Waals surface area (Å²) in [6.45, 7) is 0. The van der Waals surface area contributed by atoms with E-state index in [1.807, 2.05) is 16.8 Å². The summed E-state index contributed by atoms with van der Waals surface area (Å²) in [7, 11) is 0. The highest BCUT2D eigenvalue weighted by molar-refractivity contribution is 14.1. The number of rotatable bonds is 1. The maximum absolute atomic E-state index is 5.54. The summed E-state index contributed by atoms with van der Waals surface area (Å²) in [4.78, 5) is 0. The van der Waals surface area contributed by atoms with Crippen molar-refractivity contribution in [2.45, 2.75) is 0 Å². The number of halogens is 1. The lowest BCUT2D eigenvalue weighted by Crippen LogP contribution is -1.85. The summed E-state index contributed by atoms with van der Waals surface area (Å²) in [5.74, 6) is 1.21. The molecule has 0 saturated carbocycles. The molecule has 2 rings (SSSR count).